The molecule has 4 nitrogen and oxygen atoms in total. The first-order chi connectivity index (χ1) is 9.76. The van der Waals surface area contributed by atoms with Gasteiger partial charge < -0.3 is 9.84 Å². The maximum atomic E-state index is 12.2. The Kier molecular flexibility index (Phi) is 9.71. The van der Waals surface area contributed by atoms with Crippen molar-refractivity contribution in [3.8, 4) is 0 Å². The van der Waals surface area contributed by atoms with Gasteiger partial charge in [0.2, 0.25) is 0 Å². The monoisotopic (exact) mass is 300 g/mol. The molecule has 4 heteroatoms. The highest BCUT2D eigenvalue weighted by Crippen LogP contribution is 2.21. The molecule has 0 saturated carbocycles. The highest BCUT2D eigenvalue weighted by atomic mass is 16.5. The lowest BCUT2D eigenvalue weighted by Crippen LogP contribution is -2.43. The fraction of sp³-hybridized carbons (Fsp3) is 0.882. The average Bonchev–Trinajstić information content (AvgIpc) is 2.42. The van der Waals surface area contributed by atoms with E-state index in [0.29, 0.717) is 12.8 Å². The van der Waals surface area contributed by atoms with Crippen molar-refractivity contribution in [3.05, 3.63) is 0 Å². The first-order valence-corrected chi connectivity index (χ1v) is 8.19. The zero-order valence-electron chi connectivity index (χ0n) is 14.3. The molecule has 0 aliphatic carbocycles. The van der Waals surface area contributed by atoms with Crippen molar-refractivity contribution in [2.75, 3.05) is 0 Å². The van der Waals surface area contributed by atoms with Crippen molar-refractivity contribution >= 4 is 11.6 Å². The van der Waals surface area contributed by atoms with Crippen LogP contribution < -0.4 is 0 Å². The number of Topliss-reactive ketones (excluding diaryl/α,β-unsaturated/α-hetero) is 2. The second-order valence-electron chi connectivity index (χ2n) is 6.22. The van der Waals surface area contributed by atoms with E-state index in [1.54, 1.807) is 13.8 Å². The number of hydrogen-bond acceptors (Lipinski definition) is 4. The van der Waals surface area contributed by atoms with Crippen LogP contribution >= 0.6 is 0 Å². The van der Waals surface area contributed by atoms with Crippen molar-refractivity contribution in [2.45, 2.75) is 97.4 Å². The summed E-state index contributed by atoms with van der Waals surface area (Å²) in [5.41, 5.74) is -0.975. The van der Waals surface area contributed by atoms with Gasteiger partial charge in [0.25, 0.3) is 0 Å². The van der Waals surface area contributed by atoms with Crippen molar-refractivity contribution in [2.24, 2.45) is 0 Å². The lowest BCUT2D eigenvalue weighted by molar-refractivity contribution is -0.160. The zero-order valence-corrected chi connectivity index (χ0v) is 14.3. The van der Waals surface area contributed by atoms with Gasteiger partial charge in [-0.1, -0.05) is 39.5 Å². The highest BCUT2D eigenvalue weighted by Gasteiger charge is 2.34. The predicted octanol–water partition coefficient (Wildman–Crippen LogP) is 3.44. The van der Waals surface area contributed by atoms with E-state index in [0.717, 1.165) is 32.1 Å². The molecule has 0 heterocycles. The van der Waals surface area contributed by atoms with E-state index in [4.69, 9.17) is 4.74 Å². The molecule has 0 amide bonds. The van der Waals surface area contributed by atoms with Gasteiger partial charge in [-0.15, -0.1) is 0 Å². The van der Waals surface area contributed by atoms with Crippen molar-refractivity contribution in [1.82, 2.24) is 0 Å². The van der Waals surface area contributed by atoms with Crippen molar-refractivity contribution in [1.29, 1.82) is 0 Å². The second kappa shape index (κ2) is 10.1. The molecule has 0 aliphatic rings. The maximum absolute atomic E-state index is 12.2. The number of carbonyl (C=O) groups excluding carboxylic acids is 2. The number of ketones is 2. The van der Waals surface area contributed by atoms with E-state index < -0.39 is 17.8 Å². The van der Waals surface area contributed by atoms with Gasteiger partial charge in [-0.2, -0.15) is 0 Å². The number of carbonyl (C=O) groups is 2. The molecule has 1 N–H and O–H groups in total. The number of aliphatic hydroxyl groups excluding tert-OH is 1. The smallest absolute Gasteiger partial charge is 0.189 e. The SMILES string of the molecule is CCCCCC(=O)C(C)(C)OC(CCCC)C(=O)C(C)O. The highest BCUT2D eigenvalue weighted by molar-refractivity contribution is 5.89. The Bertz CT molecular complexity index is 321. The van der Waals surface area contributed by atoms with Gasteiger partial charge in [-0.05, 0) is 33.6 Å². The molecule has 0 radical (unpaired) electrons. The van der Waals surface area contributed by atoms with Gasteiger partial charge in [0.05, 0.1) is 0 Å². The summed E-state index contributed by atoms with van der Waals surface area (Å²) >= 11 is 0. The number of aliphatic hydroxyl groups is 1. The zero-order chi connectivity index (χ0) is 16.5. The van der Waals surface area contributed by atoms with Gasteiger partial charge in [-0.25, -0.2) is 0 Å². The summed E-state index contributed by atoms with van der Waals surface area (Å²) in [4.78, 5) is 24.3. The molecule has 0 bridgehead atoms. The van der Waals surface area contributed by atoms with Crippen LogP contribution in [0.25, 0.3) is 0 Å². The van der Waals surface area contributed by atoms with E-state index >= 15 is 0 Å². The Morgan fingerprint density at radius 2 is 1.67 bits per heavy atom. The van der Waals surface area contributed by atoms with Crippen LogP contribution in [0.3, 0.4) is 0 Å². The molecule has 2 atom stereocenters. The van der Waals surface area contributed by atoms with E-state index in [9.17, 15) is 14.7 Å². The van der Waals surface area contributed by atoms with Crippen LogP contribution in [0.5, 0.6) is 0 Å². The van der Waals surface area contributed by atoms with E-state index in [2.05, 4.69) is 6.92 Å². The molecular weight excluding hydrogens is 268 g/mol. The van der Waals surface area contributed by atoms with Gasteiger partial charge in [0.1, 0.15) is 17.8 Å². The third kappa shape index (κ3) is 7.72. The summed E-state index contributed by atoms with van der Waals surface area (Å²) in [5.74, 6) is -0.311. The van der Waals surface area contributed by atoms with Gasteiger partial charge in [0, 0.05) is 6.42 Å². The molecule has 124 valence electrons. The molecular formula is C17H32O4. The van der Waals surface area contributed by atoms with Crippen LogP contribution in [0.2, 0.25) is 0 Å². The maximum Gasteiger partial charge on any atom is 0.189 e. The minimum Gasteiger partial charge on any atom is -0.386 e. The van der Waals surface area contributed by atoms with Crippen molar-refractivity contribution < 1.29 is 19.4 Å². The second-order valence-corrected chi connectivity index (χ2v) is 6.22. The summed E-state index contributed by atoms with van der Waals surface area (Å²) in [6.07, 6.45) is 3.98. The molecule has 2 unspecified atom stereocenters. The minimum absolute atomic E-state index is 0.0239. The molecule has 0 fully saturated rings. The van der Waals surface area contributed by atoms with Crippen LogP contribution in [-0.2, 0) is 14.3 Å². The summed E-state index contributed by atoms with van der Waals surface area (Å²) < 4.78 is 5.80. The topological polar surface area (TPSA) is 63.6 Å². The number of ether oxygens (including phenoxy) is 1. The van der Waals surface area contributed by atoms with E-state index in [1.165, 1.54) is 6.92 Å². The van der Waals surface area contributed by atoms with Gasteiger partial charge in [0.15, 0.2) is 11.6 Å². The average molecular weight is 300 g/mol. The molecule has 0 aliphatic heterocycles. The fourth-order valence-corrected chi connectivity index (χ4v) is 2.18. The number of rotatable bonds is 12. The number of hydrogen-bond donors (Lipinski definition) is 1. The molecule has 21 heavy (non-hydrogen) atoms. The minimum atomic E-state index is -1.06. The van der Waals surface area contributed by atoms with Crippen LogP contribution in [0.15, 0.2) is 0 Å². The Hall–Kier alpha value is -0.740. The van der Waals surface area contributed by atoms with Gasteiger partial charge >= 0.3 is 0 Å². The standard InChI is InChI=1S/C17H32O4/c1-6-8-10-12-15(19)17(4,5)21-14(11-9-7-2)16(20)13(3)18/h13-14,18H,6-12H2,1-5H3. The third-order valence-electron chi connectivity index (χ3n) is 3.66. The predicted molar refractivity (Wildman–Crippen MR) is 84.3 cm³/mol. The first-order valence-electron chi connectivity index (χ1n) is 8.19. The van der Waals surface area contributed by atoms with E-state index in [-0.39, 0.29) is 11.6 Å². The Balaban J connectivity index is 4.70. The quantitative estimate of drug-likeness (QED) is 0.561. The molecule has 0 spiro atoms. The van der Waals surface area contributed by atoms with Crippen molar-refractivity contribution in [3.63, 3.8) is 0 Å². The summed E-state index contributed by atoms with van der Waals surface area (Å²) in [6, 6.07) is 0. The molecule has 0 aromatic rings. The summed E-state index contributed by atoms with van der Waals surface area (Å²) in [5, 5.41) is 9.48. The third-order valence-corrected chi connectivity index (χ3v) is 3.66. The molecule has 0 saturated heterocycles. The lowest BCUT2D eigenvalue weighted by Gasteiger charge is -2.29. The normalized spacial score (nSPS) is 14.8. The van der Waals surface area contributed by atoms with Crippen LogP contribution in [0.1, 0.15) is 79.6 Å². The Labute approximate surface area is 129 Å². The van der Waals surface area contributed by atoms with Crippen LogP contribution in [0.4, 0.5) is 0 Å². The summed E-state index contributed by atoms with van der Waals surface area (Å²) in [6.45, 7) is 9.00. The van der Waals surface area contributed by atoms with Crippen LogP contribution in [0, 0.1) is 0 Å². The van der Waals surface area contributed by atoms with Gasteiger partial charge in [-0.3, -0.25) is 9.59 Å². The largest absolute Gasteiger partial charge is 0.386 e. The van der Waals surface area contributed by atoms with E-state index in [1.807, 2.05) is 6.92 Å². The molecule has 0 aromatic heterocycles. The Morgan fingerprint density at radius 3 is 2.14 bits per heavy atom. The number of unbranched alkanes of at least 4 members (excludes halogenated alkanes) is 3. The summed E-state index contributed by atoms with van der Waals surface area (Å²) in [7, 11) is 0. The lowest BCUT2D eigenvalue weighted by atomic mass is 9.96. The van der Waals surface area contributed by atoms with Crippen LogP contribution in [-0.4, -0.2) is 34.5 Å². The molecule has 0 rings (SSSR count). The molecule has 0 aromatic carbocycles. The Morgan fingerprint density at radius 1 is 1.10 bits per heavy atom. The fourth-order valence-electron chi connectivity index (χ4n) is 2.18. The first kappa shape index (κ1) is 20.3.